The fraction of sp³-hybridized carbons (Fsp3) is 0.500. The van der Waals surface area contributed by atoms with Crippen molar-refractivity contribution >= 4 is 5.91 Å². The molecule has 112 valence electrons. The van der Waals surface area contributed by atoms with Crippen LogP contribution in [0.2, 0.25) is 0 Å². The van der Waals surface area contributed by atoms with E-state index in [1.165, 1.54) is 12.8 Å². The van der Waals surface area contributed by atoms with Crippen LogP contribution >= 0.6 is 0 Å². The zero-order valence-electron chi connectivity index (χ0n) is 12.6. The molecule has 3 heteroatoms. The molecule has 1 amide bonds. The van der Waals surface area contributed by atoms with Gasteiger partial charge in [-0.25, -0.2) is 0 Å². The number of piperidine rings is 1. The van der Waals surface area contributed by atoms with E-state index < -0.39 is 0 Å². The van der Waals surface area contributed by atoms with Gasteiger partial charge < -0.3 is 10.0 Å². The van der Waals surface area contributed by atoms with Crippen LogP contribution in [0.3, 0.4) is 0 Å². The van der Waals surface area contributed by atoms with E-state index in [0.717, 1.165) is 31.8 Å². The summed E-state index contributed by atoms with van der Waals surface area (Å²) in [5.74, 6) is 6.32. The van der Waals surface area contributed by atoms with Gasteiger partial charge in [0.05, 0.1) is 5.56 Å². The van der Waals surface area contributed by atoms with Crippen LogP contribution in [0.5, 0.6) is 0 Å². The van der Waals surface area contributed by atoms with E-state index in [1.54, 1.807) is 0 Å². The molecule has 0 atom stereocenters. The second kappa shape index (κ2) is 7.85. The predicted octanol–water partition coefficient (Wildman–Crippen LogP) is 2.68. The summed E-state index contributed by atoms with van der Waals surface area (Å²) in [4.78, 5) is 14.6. The Balaban J connectivity index is 2.07. The molecule has 1 aliphatic rings. The Hall–Kier alpha value is -1.79. The van der Waals surface area contributed by atoms with Gasteiger partial charge in [-0.3, -0.25) is 4.79 Å². The highest BCUT2D eigenvalue weighted by atomic mass is 16.2. The number of hydrogen-bond donors (Lipinski definition) is 1. The number of carbonyl (C=O) groups excluding carboxylic acids is 1. The highest BCUT2D eigenvalue weighted by Crippen LogP contribution is 2.23. The number of hydrogen-bond acceptors (Lipinski definition) is 2. The van der Waals surface area contributed by atoms with Crippen molar-refractivity contribution < 1.29 is 9.90 Å². The van der Waals surface area contributed by atoms with Crippen molar-refractivity contribution in [1.29, 1.82) is 0 Å². The van der Waals surface area contributed by atoms with Crippen LogP contribution in [0.4, 0.5) is 0 Å². The Morgan fingerprint density at radius 2 is 2.05 bits per heavy atom. The molecule has 1 N–H and O–H groups in total. The van der Waals surface area contributed by atoms with Crippen LogP contribution in [-0.4, -0.2) is 35.6 Å². The molecule has 1 aromatic carbocycles. The SMILES string of the molecule is CCCC1CCN(C(=O)c2ccccc2C#CCO)CC1. The summed E-state index contributed by atoms with van der Waals surface area (Å²) in [7, 11) is 0. The second-order valence-corrected chi connectivity index (χ2v) is 5.53. The molecule has 3 nitrogen and oxygen atoms in total. The maximum Gasteiger partial charge on any atom is 0.255 e. The van der Waals surface area contributed by atoms with Gasteiger partial charge >= 0.3 is 0 Å². The summed E-state index contributed by atoms with van der Waals surface area (Å²) in [6, 6.07) is 7.38. The van der Waals surface area contributed by atoms with Crippen LogP contribution < -0.4 is 0 Å². The molecule has 0 spiro atoms. The van der Waals surface area contributed by atoms with Gasteiger partial charge in [0, 0.05) is 18.7 Å². The molecule has 0 radical (unpaired) electrons. The summed E-state index contributed by atoms with van der Waals surface area (Å²) in [5, 5.41) is 8.82. The summed E-state index contributed by atoms with van der Waals surface area (Å²) >= 11 is 0. The van der Waals surface area contributed by atoms with Crippen molar-refractivity contribution in [3.63, 3.8) is 0 Å². The Labute approximate surface area is 127 Å². The third-order valence-corrected chi connectivity index (χ3v) is 4.06. The molecule has 0 saturated carbocycles. The minimum atomic E-state index is -0.190. The normalized spacial score (nSPS) is 15.4. The van der Waals surface area contributed by atoms with Gasteiger partial charge in [0.15, 0.2) is 0 Å². The second-order valence-electron chi connectivity index (χ2n) is 5.53. The minimum absolute atomic E-state index is 0.0628. The van der Waals surface area contributed by atoms with E-state index in [9.17, 15) is 4.79 Å². The molecule has 0 unspecified atom stereocenters. The first-order chi connectivity index (χ1) is 10.3. The van der Waals surface area contributed by atoms with Crippen molar-refractivity contribution in [2.75, 3.05) is 19.7 Å². The van der Waals surface area contributed by atoms with Gasteiger partial charge in [0.2, 0.25) is 0 Å². The van der Waals surface area contributed by atoms with Crippen molar-refractivity contribution in [1.82, 2.24) is 4.90 Å². The van der Waals surface area contributed by atoms with E-state index in [2.05, 4.69) is 18.8 Å². The van der Waals surface area contributed by atoms with Crippen molar-refractivity contribution in [3.8, 4) is 11.8 Å². The van der Waals surface area contributed by atoms with Crippen molar-refractivity contribution in [3.05, 3.63) is 35.4 Å². The zero-order chi connectivity index (χ0) is 15.1. The number of nitrogens with zero attached hydrogens (tertiary/aromatic N) is 1. The number of amides is 1. The van der Waals surface area contributed by atoms with Gasteiger partial charge in [0.25, 0.3) is 5.91 Å². The highest BCUT2D eigenvalue weighted by Gasteiger charge is 2.24. The lowest BCUT2D eigenvalue weighted by Gasteiger charge is -2.32. The molecule has 0 aliphatic carbocycles. The van der Waals surface area contributed by atoms with Crippen LogP contribution in [0.25, 0.3) is 0 Å². The fourth-order valence-corrected chi connectivity index (χ4v) is 2.92. The number of carbonyl (C=O) groups is 1. The molecule has 1 fully saturated rings. The summed E-state index contributed by atoms with van der Waals surface area (Å²) in [6.07, 6.45) is 4.69. The summed E-state index contributed by atoms with van der Waals surface area (Å²) < 4.78 is 0. The number of benzene rings is 1. The van der Waals surface area contributed by atoms with E-state index >= 15 is 0 Å². The standard InChI is InChI=1S/C18H23NO2/c1-2-6-15-10-12-19(13-11-15)18(21)17-9-4-3-7-16(17)8-5-14-20/h3-4,7,9,15,20H,2,6,10-14H2,1H3. The topological polar surface area (TPSA) is 40.5 Å². The number of aliphatic hydroxyl groups is 1. The smallest absolute Gasteiger partial charge is 0.255 e. The van der Waals surface area contributed by atoms with Crippen molar-refractivity contribution in [2.24, 2.45) is 5.92 Å². The van der Waals surface area contributed by atoms with Crippen LogP contribution in [0, 0.1) is 17.8 Å². The number of likely N-dealkylation sites (tertiary alicyclic amines) is 1. The van der Waals surface area contributed by atoms with Gasteiger partial charge in [0.1, 0.15) is 6.61 Å². The third kappa shape index (κ3) is 4.09. The predicted molar refractivity (Wildman–Crippen MR) is 83.9 cm³/mol. The average Bonchev–Trinajstić information content (AvgIpc) is 2.53. The lowest BCUT2D eigenvalue weighted by Crippen LogP contribution is -2.38. The van der Waals surface area contributed by atoms with E-state index in [-0.39, 0.29) is 12.5 Å². The lowest BCUT2D eigenvalue weighted by molar-refractivity contribution is 0.0686. The number of rotatable bonds is 3. The van der Waals surface area contributed by atoms with Gasteiger partial charge in [-0.1, -0.05) is 43.7 Å². The van der Waals surface area contributed by atoms with Crippen LogP contribution in [-0.2, 0) is 0 Å². The molecule has 2 rings (SSSR count). The molecular weight excluding hydrogens is 262 g/mol. The Bertz CT molecular complexity index is 534. The Morgan fingerprint density at radius 1 is 1.33 bits per heavy atom. The van der Waals surface area contributed by atoms with Gasteiger partial charge in [-0.05, 0) is 30.9 Å². The third-order valence-electron chi connectivity index (χ3n) is 4.06. The quantitative estimate of drug-likeness (QED) is 0.867. The fourth-order valence-electron chi connectivity index (χ4n) is 2.92. The molecule has 1 aliphatic heterocycles. The molecule has 0 aromatic heterocycles. The molecule has 1 saturated heterocycles. The Kier molecular flexibility index (Phi) is 5.83. The molecule has 0 bridgehead atoms. The highest BCUT2D eigenvalue weighted by molar-refractivity contribution is 5.96. The average molecular weight is 285 g/mol. The molecule has 1 heterocycles. The number of aliphatic hydroxyl groups excluding tert-OH is 1. The van der Waals surface area contributed by atoms with Gasteiger partial charge in [-0.15, -0.1) is 0 Å². The molecule has 1 aromatic rings. The maximum atomic E-state index is 12.6. The molecule has 21 heavy (non-hydrogen) atoms. The van der Waals surface area contributed by atoms with E-state index in [0.29, 0.717) is 11.1 Å². The lowest BCUT2D eigenvalue weighted by atomic mass is 9.92. The van der Waals surface area contributed by atoms with E-state index in [4.69, 9.17) is 5.11 Å². The summed E-state index contributed by atoms with van der Waals surface area (Å²) in [6.45, 7) is 3.70. The zero-order valence-corrected chi connectivity index (χ0v) is 12.6. The van der Waals surface area contributed by atoms with Crippen LogP contribution in [0.1, 0.15) is 48.5 Å². The first kappa shape index (κ1) is 15.6. The first-order valence-corrected chi connectivity index (χ1v) is 7.74. The van der Waals surface area contributed by atoms with Gasteiger partial charge in [-0.2, -0.15) is 0 Å². The van der Waals surface area contributed by atoms with Crippen LogP contribution in [0.15, 0.2) is 24.3 Å². The molecular formula is C18H23NO2. The Morgan fingerprint density at radius 3 is 2.71 bits per heavy atom. The van der Waals surface area contributed by atoms with E-state index in [1.807, 2.05) is 29.2 Å². The maximum absolute atomic E-state index is 12.6. The van der Waals surface area contributed by atoms with Crippen molar-refractivity contribution in [2.45, 2.75) is 32.6 Å². The monoisotopic (exact) mass is 285 g/mol. The summed E-state index contributed by atoms with van der Waals surface area (Å²) in [5.41, 5.74) is 1.35. The largest absolute Gasteiger partial charge is 0.384 e. The first-order valence-electron chi connectivity index (χ1n) is 7.74. The minimum Gasteiger partial charge on any atom is -0.384 e.